The Morgan fingerprint density at radius 1 is 0.833 bits per heavy atom. The number of fused-ring (bicyclic) bond motifs is 1. The summed E-state index contributed by atoms with van der Waals surface area (Å²) in [6.45, 7) is 3.57. The fourth-order valence-corrected chi connectivity index (χ4v) is 4.98. The molecule has 0 radical (unpaired) electrons. The van der Waals surface area contributed by atoms with Crippen molar-refractivity contribution in [1.82, 2.24) is 15.0 Å². The van der Waals surface area contributed by atoms with Crippen LogP contribution < -0.4 is 15.6 Å². The Labute approximate surface area is 213 Å². The van der Waals surface area contributed by atoms with Crippen LogP contribution in [0.5, 0.6) is 0 Å². The first-order valence-electron chi connectivity index (χ1n) is 11.1. The van der Waals surface area contributed by atoms with Crippen LogP contribution in [0.4, 0.5) is 17.3 Å². The Bertz CT molecular complexity index is 1630. The maximum Gasteiger partial charge on any atom is 0.264 e. The maximum atomic E-state index is 12.8. The summed E-state index contributed by atoms with van der Waals surface area (Å²) >= 11 is 6.07. The third kappa shape index (κ3) is 4.98. The molecule has 0 saturated heterocycles. The average molecular weight is 519 g/mol. The number of sulfonamides is 1. The smallest absolute Gasteiger partial charge is 0.264 e. The number of aromatic nitrogens is 3. The van der Waals surface area contributed by atoms with Crippen molar-refractivity contribution in [2.75, 3.05) is 15.6 Å². The fourth-order valence-electron chi connectivity index (χ4n) is 3.91. The molecule has 5 aromatic rings. The number of nitrogens with zero attached hydrogens (tertiary/aromatic N) is 2. The van der Waals surface area contributed by atoms with Gasteiger partial charge in [-0.3, -0.25) is 5.43 Å². The summed E-state index contributed by atoms with van der Waals surface area (Å²) in [5.41, 5.74) is 12.2. The molecule has 0 aliphatic carbocycles. The lowest BCUT2D eigenvalue weighted by Gasteiger charge is -2.13. The second kappa shape index (κ2) is 9.52. The second-order valence-electron chi connectivity index (χ2n) is 8.28. The van der Waals surface area contributed by atoms with Gasteiger partial charge in [0.15, 0.2) is 0 Å². The molecule has 36 heavy (non-hydrogen) atoms. The maximum absolute atomic E-state index is 12.8. The summed E-state index contributed by atoms with van der Waals surface area (Å²) in [5, 5.41) is 1.67. The topological polar surface area (TPSA) is 112 Å². The van der Waals surface area contributed by atoms with Gasteiger partial charge in [-0.1, -0.05) is 41.9 Å². The molecule has 3 aromatic carbocycles. The normalized spacial score (nSPS) is 11.4. The van der Waals surface area contributed by atoms with Gasteiger partial charge in [0.1, 0.15) is 0 Å². The molecule has 0 amide bonds. The van der Waals surface area contributed by atoms with Crippen molar-refractivity contribution in [3.05, 3.63) is 95.3 Å². The number of halogens is 1. The summed E-state index contributed by atoms with van der Waals surface area (Å²) in [5.74, 6) is 0.0467. The van der Waals surface area contributed by atoms with Gasteiger partial charge >= 0.3 is 0 Å². The van der Waals surface area contributed by atoms with E-state index in [9.17, 15) is 8.42 Å². The number of nitrogens with one attached hydrogen (secondary N) is 4. The van der Waals surface area contributed by atoms with Crippen LogP contribution >= 0.6 is 11.6 Å². The van der Waals surface area contributed by atoms with Gasteiger partial charge in [0.05, 0.1) is 22.0 Å². The van der Waals surface area contributed by atoms with Gasteiger partial charge in [-0.25, -0.2) is 23.1 Å². The number of aromatic amines is 1. The molecule has 0 atom stereocenters. The van der Waals surface area contributed by atoms with Crippen molar-refractivity contribution in [3.8, 4) is 11.3 Å². The first-order chi connectivity index (χ1) is 17.3. The minimum Gasteiger partial charge on any atom is -0.353 e. The van der Waals surface area contributed by atoms with E-state index in [1.165, 1.54) is 12.1 Å². The summed E-state index contributed by atoms with van der Waals surface area (Å²) in [6, 6.07) is 23.7. The number of aryl methyl sites for hydroxylation is 2. The Hall–Kier alpha value is -4.08. The van der Waals surface area contributed by atoms with E-state index in [0.29, 0.717) is 22.1 Å². The predicted octanol–water partition coefficient (Wildman–Crippen LogP) is 6.13. The number of H-pyrrole nitrogens is 1. The molecule has 2 aromatic heterocycles. The second-order valence-corrected chi connectivity index (χ2v) is 10.4. The average Bonchev–Trinajstić information content (AvgIpc) is 3.21. The number of anilines is 3. The highest BCUT2D eigenvalue weighted by molar-refractivity contribution is 7.92. The van der Waals surface area contributed by atoms with Crippen molar-refractivity contribution in [2.24, 2.45) is 0 Å². The molecule has 0 aliphatic heterocycles. The minimum atomic E-state index is -3.84. The van der Waals surface area contributed by atoms with Crippen LogP contribution in [0.15, 0.2) is 83.8 Å². The molecule has 10 heteroatoms. The number of hydrazine groups is 1. The number of para-hydroxylation sites is 1. The zero-order valence-corrected chi connectivity index (χ0v) is 21.1. The van der Waals surface area contributed by atoms with Crippen LogP contribution in [0.25, 0.3) is 22.2 Å². The molecule has 5 rings (SSSR count). The molecule has 0 fully saturated rings. The van der Waals surface area contributed by atoms with Crippen molar-refractivity contribution in [2.45, 2.75) is 18.7 Å². The molecule has 0 spiro atoms. The fraction of sp³-hybridized carbons (Fsp3) is 0.0769. The highest BCUT2D eigenvalue weighted by Gasteiger charge is 2.17. The monoisotopic (exact) mass is 518 g/mol. The number of hydrogen-bond donors (Lipinski definition) is 4. The van der Waals surface area contributed by atoms with Crippen molar-refractivity contribution >= 4 is 49.9 Å². The van der Waals surface area contributed by atoms with Gasteiger partial charge in [0.2, 0.25) is 5.95 Å². The zero-order chi connectivity index (χ0) is 25.3. The van der Waals surface area contributed by atoms with Crippen molar-refractivity contribution < 1.29 is 8.42 Å². The van der Waals surface area contributed by atoms with E-state index in [1.807, 2.05) is 48.5 Å². The first-order valence-corrected chi connectivity index (χ1v) is 13.0. The standard InChI is InChI=1S/C26H23ClN6O2S/c1-16-15-17(2)29-26(28-16)33-36(34,35)21-13-11-20(12-14-21)31-32-25-22-5-3-4-6-23(22)30-24(25)18-7-9-19(27)10-8-18/h3-15,30-32H,1-2H3,(H,28,29,33). The van der Waals surface area contributed by atoms with E-state index in [1.54, 1.807) is 32.0 Å². The SMILES string of the molecule is Cc1cc(C)nc(NS(=O)(=O)c2ccc(NNc3c(-c4ccc(Cl)cc4)[nH]c4ccccc34)cc2)n1. The van der Waals surface area contributed by atoms with Crippen molar-refractivity contribution in [1.29, 1.82) is 0 Å². The first kappa shape index (κ1) is 23.7. The van der Waals surface area contributed by atoms with Crippen LogP contribution in [0.1, 0.15) is 11.4 Å². The molecule has 0 aliphatic rings. The van der Waals surface area contributed by atoms with E-state index in [0.717, 1.165) is 27.8 Å². The summed E-state index contributed by atoms with van der Waals surface area (Å²) in [6.07, 6.45) is 0. The summed E-state index contributed by atoms with van der Waals surface area (Å²) in [7, 11) is -3.84. The Balaban J connectivity index is 1.37. The molecule has 8 nitrogen and oxygen atoms in total. The highest BCUT2D eigenvalue weighted by Crippen LogP contribution is 2.35. The van der Waals surface area contributed by atoms with E-state index in [2.05, 4.69) is 30.5 Å². The van der Waals surface area contributed by atoms with Crippen molar-refractivity contribution in [3.63, 3.8) is 0 Å². The lowest BCUT2D eigenvalue weighted by Crippen LogP contribution is -2.16. The lowest BCUT2D eigenvalue weighted by atomic mass is 10.1. The van der Waals surface area contributed by atoms with Gasteiger partial charge < -0.3 is 10.4 Å². The molecular weight excluding hydrogens is 496 g/mol. The van der Waals surface area contributed by atoms with Crippen LogP contribution in [0.3, 0.4) is 0 Å². The summed E-state index contributed by atoms with van der Waals surface area (Å²) in [4.78, 5) is 11.9. The van der Waals surface area contributed by atoms with Crippen LogP contribution in [0.2, 0.25) is 5.02 Å². The molecule has 0 bridgehead atoms. The third-order valence-electron chi connectivity index (χ3n) is 5.54. The van der Waals surface area contributed by atoms with Crippen LogP contribution in [0, 0.1) is 13.8 Å². The minimum absolute atomic E-state index is 0.0467. The predicted molar refractivity (Wildman–Crippen MR) is 145 cm³/mol. The Kier molecular flexibility index (Phi) is 6.26. The number of hydrogen-bond acceptors (Lipinski definition) is 6. The molecular formula is C26H23ClN6O2S. The van der Waals surface area contributed by atoms with E-state index in [4.69, 9.17) is 11.6 Å². The van der Waals surface area contributed by atoms with Gasteiger partial charge in [0.25, 0.3) is 10.0 Å². The number of rotatable bonds is 7. The Morgan fingerprint density at radius 2 is 1.50 bits per heavy atom. The molecule has 2 heterocycles. The Morgan fingerprint density at radius 3 is 2.19 bits per heavy atom. The van der Waals surface area contributed by atoms with Gasteiger partial charge in [-0.05, 0) is 62.4 Å². The van der Waals surface area contributed by atoms with E-state index in [-0.39, 0.29) is 10.8 Å². The highest BCUT2D eigenvalue weighted by atomic mass is 35.5. The van der Waals surface area contributed by atoms with Crippen LogP contribution in [-0.4, -0.2) is 23.4 Å². The largest absolute Gasteiger partial charge is 0.353 e. The molecule has 0 saturated carbocycles. The van der Waals surface area contributed by atoms with E-state index >= 15 is 0 Å². The zero-order valence-electron chi connectivity index (χ0n) is 19.5. The van der Waals surface area contributed by atoms with Gasteiger partial charge in [-0.2, -0.15) is 0 Å². The molecule has 4 N–H and O–H groups in total. The lowest BCUT2D eigenvalue weighted by molar-refractivity contribution is 0.601. The third-order valence-corrected chi connectivity index (χ3v) is 7.14. The summed E-state index contributed by atoms with van der Waals surface area (Å²) < 4.78 is 28.1. The van der Waals surface area contributed by atoms with Gasteiger partial charge in [0, 0.05) is 32.9 Å². The van der Waals surface area contributed by atoms with Gasteiger partial charge in [-0.15, -0.1) is 0 Å². The van der Waals surface area contributed by atoms with E-state index < -0.39 is 10.0 Å². The number of benzene rings is 3. The van der Waals surface area contributed by atoms with Crippen LogP contribution in [-0.2, 0) is 10.0 Å². The molecule has 0 unspecified atom stereocenters. The quantitative estimate of drug-likeness (QED) is 0.193. The molecule has 182 valence electrons.